The van der Waals surface area contributed by atoms with Crippen LogP contribution in [0.4, 0.5) is 0 Å². The fourth-order valence-electron chi connectivity index (χ4n) is 0.976. The maximum atomic E-state index is 11.1. The van der Waals surface area contributed by atoms with Crippen LogP contribution in [-0.4, -0.2) is 36.7 Å². The highest BCUT2D eigenvalue weighted by atomic mass is 32.2. The molecule has 0 fully saturated rings. The molecule has 0 aromatic carbocycles. The molecule has 0 aliphatic rings. The largest absolute Gasteiger partial charge is 0.424 e. The Hall–Kier alpha value is -0.950. The van der Waals surface area contributed by atoms with Crippen molar-refractivity contribution in [1.82, 2.24) is 15.5 Å². The monoisotopic (exact) mass is 233 g/mol. The van der Waals surface area contributed by atoms with E-state index in [9.17, 15) is 8.42 Å². The molecular formula is C8H15N3O3S. The van der Waals surface area contributed by atoms with E-state index in [2.05, 4.69) is 15.5 Å². The molecule has 1 rings (SSSR count). The molecule has 1 heterocycles. The summed E-state index contributed by atoms with van der Waals surface area (Å²) in [5, 5.41) is 10.4. The van der Waals surface area contributed by atoms with Crippen molar-refractivity contribution in [2.45, 2.75) is 20.4 Å². The zero-order chi connectivity index (χ0) is 11.3. The minimum absolute atomic E-state index is 0.136. The normalized spacial score (nSPS) is 11.9. The molecule has 86 valence electrons. The summed E-state index contributed by atoms with van der Waals surface area (Å²) in [4.78, 5) is 0. The molecule has 0 spiro atoms. The third-order valence-electron chi connectivity index (χ3n) is 1.87. The van der Waals surface area contributed by atoms with Crippen LogP contribution in [0.1, 0.15) is 18.7 Å². The average Bonchev–Trinajstić information content (AvgIpc) is 2.59. The van der Waals surface area contributed by atoms with Crippen molar-refractivity contribution in [2.24, 2.45) is 0 Å². The van der Waals surface area contributed by atoms with Crippen molar-refractivity contribution in [3.8, 4) is 0 Å². The van der Waals surface area contributed by atoms with Gasteiger partial charge in [-0.1, -0.05) is 6.92 Å². The molecule has 1 N–H and O–H groups in total. The van der Waals surface area contributed by atoms with Gasteiger partial charge in [0.2, 0.25) is 11.8 Å². The molecule has 0 amide bonds. The standard InChI is InChI=1S/C8H15N3O3S/c1-3-15(12,13)5-4-9-6-8-11-10-7(2)14-8/h9H,3-6H2,1-2H3. The number of nitrogens with one attached hydrogen (secondary N) is 1. The van der Waals surface area contributed by atoms with Gasteiger partial charge in [-0.05, 0) is 0 Å². The number of sulfone groups is 1. The molecule has 6 nitrogen and oxygen atoms in total. The number of hydrogen-bond acceptors (Lipinski definition) is 6. The molecule has 0 atom stereocenters. The van der Waals surface area contributed by atoms with Gasteiger partial charge in [-0.15, -0.1) is 10.2 Å². The summed E-state index contributed by atoms with van der Waals surface area (Å²) in [6.45, 7) is 4.15. The minimum atomic E-state index is -2.90. The van der Waals surface area contributed by atoms with E-state index in [0.29, 0.717) is 24.9 Å². The van der Waals surface area contributed by atoms with E-state index < -0.39 is 9.84 Å². The second kappa shape index (κ2) is 5.22. The summed E-state index contributed by atoms with van der Waals surface area (Å²) in [7, 11) is -2.90. The lowest BCUT2D eigenvalue weighted by molar-refractivity contribution is 0.450. The van der Waals surface area contributed by atoms with Crippen LogP contribution < -0.4 is 5.32 Å². The second-order valence-electron chi connectivity index (χ2n) is 3.13. The smallest absolute Gasteiger partial charge is 0.230 e. The highest BCUT2D eigenvalue weighted by Gasteiger charge is 2.07. The van der Waals surface area contributed by atoms with Gasteiger partial charge in [-0.25, -0.2) is 8.42 Å². The van der Waals surface area contributed by atoms with Crippen molar-refractivity contribution in [3.05, 3.63) is 11.8 Å². The van der Waals surface area contributed by atoms with Crippen LogP contribution in [0.25, 0.3) is 0 Å². The lowest BCUT2D eigenvalue weighted by Crippen LogP contribution is -2.23. The van der Waals surface area contributed by atoms with Gasteiger partial charge in [-0.3, -0.25) is 0 Å². The average molecular weight is 233 g/mol. The third kappa shape index (κ3) is 4.39. The van der Waals surface area contributed by atoms with Crippen LogP contribution in [0.15, 0.2) is 4.42 Å². The Morgan fingerprint density at radius 1 is 1.40 bits per heavy atom. The molecule has 0 aliphatic carbocycles. The predicted molar refractivity (Wildman–Crippen MR) is 55.1 cm³/mol. The van der Waals surface area contributed by atoms with Gasteiger partial charge in [0.15, 0.2) is 9.84 Å². The quantitative estimate of drug-likeness (QED) is 0.691. The molecule has 0 bridgehead atoms. The van der Waals surface area contributed by atoms with E-state index in [4.69, 9.17) is 4.42 Å². The molecule has 1 aromatic heterocycles. The Morgan fingerprint density at radius 3 is 2.67 bits per heavy atom. The summed E-state index contributed by atoms with van der Waals surface area (Å²) in [6, 6.07) is 0. The van der Waals surface area contributed by atoms with Crippen molar-refractivity contribution in [2.75, 3.05) is 18.1 Å². The molecule has 0 saturated heterocycles. The van der Waals surface area contributed by atoms with Crippen LogP contribution in [0.2, 0.25) is 0 Å². The summed E-state index contributed by atoms with van der Waals surface area (Å²) in [5.74, 6) is 1.29. The lowest BCUT2D eigenvalue weighted by atomic mass is 10.6. The van der Waals surface area contributed by atoms with Gasteiger partial charge in [0, 0.05) is 19.2 Å². The second-order valence-corrected chi connectivity index (χ2v) is 5.60. The van der Waals surface area contributed by atoms with E-state index in [1.54, 1.807) is 13.8 Å². The molecule has 0 aliphatic heterocycles. The van der Waals surface area contributed by atoms with Gasteiger partial charge in [0.1, 0.15) is 0 Å². The van der Waals surface area contributed by atoms with Crippen LogP contribution in [0, 0.1) is 6.92 Å². The molecule has 15 heavy (non-hydrogen) atoms. The van der Waals surface area contributed by atoms with Crippen molar-refractivity contribution >= 4 is 9.84 Å². The topological polar surface area (TPSA) is 85.1 Å². The van der Waals surface area contributed by atoms with E-state index >= 15 is 0 Å². The van der Waals surface area contributed by atoms with Gasteiger partial charge in [-0.2, -0.15) is 0 Å². The number of aromatic nitrogens is 2. The fraction of sp³-hybridized carbons (Fsp3) is 0.750. The SMILES string of the molecule is CCS(=O)(=O)CCNCc1nnc(C)o1. The van der Waals surface area contributed by atoms with Gasteiger partial charge in [0.25, 0.3) is 0 Å². The van der Waals surface area contributed by atoms with Crippen LogP contribution in [-0.2, 0) is 16.4 Å². The van der Waals surface area contributed by atoms with Crippen LogP contribution >= 0.6 is 0 Å². The molecule has 0 saturated carbocycles. The van der Waals surface area contributed by atoms with Crippen molar-refractivity contribution < 1.29 is 12.8 Å². The summed E-state index contributed by atoms with van der Waals surface area (Å²) < 4.78 is 27.4. The van der Waals surface area contributed by atoms with E-state index in [0.717, 1.165) is 0 Å². The number of aryl methyl sites for hydroxylation is 1. The highest BCUT2D eigenvalue weighted by molar-refractivity contribution is 7.91. The first kappa shape index (κ1) is 12.1. The Morgan fingerprint density at radius 2 is 2.13 bits per heavy atom. The summed E-state index contributed by atoms with van der Waals surface area (Å²) >= 11 is 0. The van der Waals surface area contributed by atoms with Crippen molar-refractivity contribution in [3.63, 3.8) is 0 Å². The van der Waals surface area contributed by atoms with Crippen molar-refractivity contribution in [1.29, 1.82) is 0 Å². The van der Waals surface area contributed by atoms with E-state index in [-0.39, 0.29) is 11.5 Å². The Labute approximate surface area is 89.0 Å². The first-order valence-corrected chi connectivity index (χ1v) is 6.56. The number of hydrogen-bond donors (Lipinski definition) is 1. The molecule has 1 aromatic rings. The molecule has 0 unspecified atom stereocenters. The summed E-state index contributed by atoms with van der Waals surface area (Å²) in [5.41, 5.74) is 0. The first-order valence-electron chi connectivity index (χ1n) is 4.73. The zero-order valence-corrected chi connectivity index (χ0v) is 9.67. The number of nitrogens with zero attached hydrogens (tertiary/aromatic N) is 2. The highest BCUT2D eigenvalue weighted by Crippen LogP contribution is 1.96. The molecule has 7 heteroatoms. The van der Waals surface area contributed by atoms with Crippen LogP contribution in [0.5, 0.6) is 0 Å². The lowest BCUT2D eigenvalue weighted by Gasteiger charge is -2.01. The maximum Gasteiger partial charge on any atom is 0.230 e. The molecule has 0 radical (unpaired) electrons. The number of rotatable bonds is 6. The summed E-state index contributed by atoms with van der Waals surface area (Å²) in [6.07, 6.45) is 0. The van der Waals surface area contributed by atoms with Gasteiger partial charge < -0.3 is 9.73 Å². The maximum absolute atomic E-state index is 11.1. The van der Waals surface area contributed by atoms with Crippen LogP contribution in [0.3, 0.4) is 0 Å². The molecular weight excluding hydrogens is 218 g/mol. The Balaban J connectivity index is 2.23. The fourth-order valence-corrected chi connectivity index (χ4v) is 1.72. The Bertz CT molecular complexity index is 399. The van der Waals surface area contributed by atoms with E-state index in [1.807, 2.05) is 0 Å². The van der Waals surface area contributed by atoms with Gasteiger partial charge in [0.05, 0.1) is 12.3 Å². The third-order valence-corrected chi connectivity index (χ3v) is 3.58. The minimum Gasteiger partial charge on any atom is -0.424 e. The Kier molecular flexibility index (Phi) is 4.22. The van der Waals surface area contributed by atoms with E-state index in [1.165, 1.54) is 0 Å². The van der Waals surface area contributed by atoms with Gasteiger partial charge >= 0.3 is 0 Å². The zero-order valence-electron chi connectivity index (χ0n) is 8.86. The first-order chi connectivity index (χ1) is 7.03. The predicted octanol–water partition coefficient (Wildman–Crippen LogP) is -0.0977.